The molecule has 172 valence electrons. The maximum atomic E-state index is 14.5. The van der Waals surface area contributed by atoms with Gasteiger partial charge in [0.05, 0.1) is 5.41 Å². The van der Waals surface area contributed by atoms with Crippen molar-refractivity contribution >= 4 is 41.1 Å². The van der Waals surface area contributed by atoms with E-state index in [0.29, 0.717) is 21.3 Å². The first-order chi connectivity index (χ1) is 15.8. The Balaban J connectivity index is 2.01. The van der Waals surface area contributed by atoms with E-state index in [2.05, 4.69) is 5.32 Å². The number of nitrogens with one attached hydrogen (secondary N) is 1. The highest BCUT2D eigenvalue weighted by Gasteiger charge is 2.53. The number of amides is 1. The highest BCUT2D eigenvalue weighted by Crippen LogP contribution is 2.53. The summed E-state index contributed by atoms with van der Waals surface area (Å²) in [5, 5.41) is 3.91. The zero-order chi connectivity index (χ0) is 23.8. The van der Waals surface area contributed by atoms with Gasteiger partial charge in [-0.15, -0.1) is 0 Å². The van der Waals surface area contributed by atoms with Crippen molar-refractivity contribution in [3.63, 3.8) is 0 Å². The van der Waals surface area contributed by atoms with Crippen LogP contribution in [0.25, 0.3) is 0 Å². The van der Waals surface area contributed by atoms with E-state index >= 15 is 0 Å². The fourth-order valence-electron chi connectivity index (χ4n) is 5.46. The van der Waals surface area contributed by atoms with E-state index in [0.717, 1.165) is 17.4 Å². The molecule has 4 nitrogen and oxygen atoms in total. The molecule has 1 heterocycles. The second-order valence-electron chi connectivity index (χ2n) is 8.84. The number of anilines is 1. The van der Waals surface area contributed by atoms with Gasteiger partial charge in [0.15, 0.2) is 0 Å². The molecule has 0 bridgehead atoms. The minimum absolute atomic E-state index is 0.0610. The lowest BCUT2D eigenvalue weighted by Crippen LogP contribution is -2.48. The van der Waals surface area contributed by atoms with Crippen molar-refractivity contribution in [3.05, 3.63) is 87.2 Å². The van der Waals surface area contributed by atoms with Gasteiger partial charge in [-0.2, -0.15) is 0 Å². The molecule has 3 N–H and O–H groups in total. The Morgan fingerprint density at radius 1 is 1.12 bits per heavy atom. The number of halogens is 3. The number of aldehydes is 1. The van der Waals surface area contributed by atoms with Gasteiger partial charge < -0.3 is 15.8 Å². The molecule has 2 aromatic rings. The molecular formula is C26H25Cl2FN2O2. The topological polar surface area (TPSA) is 72.2 Å². The third kappa shape index (κ3) is 4.32. The molecule has 33 heavy (non-hydrogen) atoms. The van der Waals surface area contributed by atoms with E-state index in [1.54, 1.807) is 42.5 Å². The maximum absolute atomic E-state index is 14.5. The molecular weight excluding hydrogens is 462 g/mol. The number of carbonyl (C=O) groups is 2. The summed E-state index contributed by atoms with van der Waals surface area (Å²) in [5.41, 5.74) is 7.85. The van der Waals surface area contributed by atoms with E-state index in [-0.39, 0.29) is 37.0 Å². The molecule has 1 unspecified atom stereocenters. The minimum atomic E-state index is -1.23. The quantitative estimate of drug-likeness (QED) is 0.426. The smallest absolute Gasteiger partial charge is 0.220 e. The summed E-state index contributed by atoms with van der Waals surface area (Å²) in [7, 11) is 0. The van der Waals surface area contributed by atoms with Gasteiger partial charge in [-0.1, -0.05) is 53.1 Å². The normalized spacial score (nSPS) is 27.8. The highest BCUT2D eigenvalue weighted by atomic mass is 35.5. The molecule has 1 aliphatic carbocycles. The van der Waals surface area contributed by atoms with Crippen LogP contribution in [-0.2, 0) is 15.0 Å². The molecule has 1 fully saturated rings. The Morgan fingerprint density at radius 2 is 1.88 bits per heavy atom. The summed E-state index contributed by atoms with van der Waals surface area (Å²) in [5.74, 6) is -1.77. The van der Waals surface area contributed by atoms with Crippen molar-refractivity contribution in [2.24, 2.45) is 11.8 Å². The fourth-order valence-corrected chi connectivity index (χ4v) is 5.84. The average Bonchev–Trinajstić information content (AvgIpc) is 2.92. The molecule has 2 aromatic carbocycles. The van der Waals surface area contributed by atoms with Crippen molar-refractivity contribution in [2.75, 3.05) is 12.3 Å². The molecule has 1 aliphatic heterocycles. The Bertz CT molecular complexity index is 1160. The number of benzene rings is 2. The molecule has 7 heteroatoms. The number of allylic oxidation sites excluding steroid dienone is 4. The van der Waals surface area contributed by atoms with Crippen LogP contribution in [0.4, 0.5) is 10.1 Å². The van der Waals surface area contributed by atoms with Gasteiger partial charge in [-0.25, -0.2) is 4.39 Å². The summed E-state index contributed by atoms with van der Waals surface area (Å²) >= 11 is 12.5. The third-order valence-corrected chi connectivity index (χ3v) is 7.51. The zero-order valence-corrected chi connectivity index (χ0v) is 19.7. The summed E-state index contributed by atoms with van der Waals surface area (Å²) in [6, 6.07) is 12.2. The van der Waals surface area contributed by atoms with Crippen LogP contribution in [-0.4, -0.2) is 18.7 Å². The van der Waals surface area contributed by atoms with E-state index in [1.807, 2.05) is 13.0 Å². The zero-order valence-electron chi connectivity index (χ0n) is 18.2. The summed E-state index contributed by atoms with van der Waals surface area (Å²) in [4.78, 5) is 26.2. The van der Waals surface area contributed by atoms with Crippen molar-refractivity contribution in [1.29, 1.82) is 0 Å². The van der Waals surface area contributed by atoms with Gasteiger partial charge in [-0.05, 0) is 54.3 Å². The number of nitrogen functional groups attached to an aromatic ring is 1. The summed E-state index contributed by atoms with van der Waals surface area (Å²) in [6.07, 6.45) is 4.30. The first-order valence-corrected chi connectivity index (χ1v) is 11.6. The van der Waals surface area contributed by atoms with Gasteiger partial charge in [0.1, 0.15) is 12.1 Å². The Labute approximate surface area is 202 Å². The summed E-state index contributed by atoms with van der Waals surface area (Å²) in [6.45, 7) is 2.13. The lowest BCUT2D eigenvalue weighted by Gasteiger charge is -2.45. The molecule has 4 atom stereocenters. The lowest BCUT2D eigenvalue weighted by atomic mass is 9.56. The van der Waals surface area contributed by atoms with Crippen molar-refractivity contribution < 1.29 is 14.0 Å². The first-order valence-electron chi connectivity index (χ1n) is 10.8. The van der Waals surface area contributed by atoms with Gasteiger partial charge in [0.2, 0.25) is 5.91 Å². The lowest BCUT2D eigenvalue weighted by molar-refractivity contribution is -0.121. The largest absolute Gasteiger partial charge is 0.398 e. The molecule has 0 radical (unpaired) electrons. The predicted molar refractivity (Wildman–Crippen MR) is 130 cm³/mol. The van der Waals surface area contributed by atoms with Crippen LogP contribution in [0.3, 0.4) is 0 Å². The molecule has 2 aliphatic rings. The molecule has 0 saturated carbocycles. The van der Waals surface area contributed by atoms with Gasteiger partial charge in [-0.3, -0.25) is 4.79 Å². The number of rotatable bonds is 4. The second-order valence-corrected chi connectivity index (χ2v) is 9.71. The van der Waals surface area contributed by atoms with Crippen LogP contribution in [0.1, 0.15) is 36.8 Å². The number of carbonyl (C=O) groups excluding carboxylic acids is 2. The van der Waals surface area contributed by atoms with Crippen molar-refractivity contribution in [2.45, 2.75) is 31.1 Å². The molecule has 1 amide bonds. The SMILES string of the molecule is CC1=CC=C(F)C[C@H]1C1CNC(=O)C[C@@H](c2cccc(Cl)c2)[C@@]1(C=O)c1ccc(Cl)cc1N. The minimum Gasteiger partial charge on any atom is -0.398 e. The molecule has 0 spiro atoms. The average molecular weight is 487 g/mol. The standard InChI is InChI=1S/C26H25Cl2FN2O2/c1-15-5-7-19(29)11-20(15)23-13-31-25(33)12-22(16-3-2-4-17(27)9-16)26(23,14-32)21-8-6-18(28)10-24(21)30/h2-10,14,20,22-23H,11-13,30H2,1H3,(H,31,33)/t20-,22+,23?,26-/m1/s1. The van der Waals surface area contributed by atoms with Crippen LogP contribution >= 0.6 is 23.2 Å². The van der Waals surface area contributed by atoms with Crippen molar-refractivity contribution in [1.82, 2.24) is 5.32 Å². The third-order valence-electron chi connectivity index (χ3n) is 7.04. The van der Waals surface area contributed by atoms with Crippen LogP contribution in [0, 0.1) is 11.8 Å². The first kappa shape index (κ1) is 23.5. The van der Waals surface area contributed by atoms with Gasteiger partial charge in [0.25, 0.3) is 0 Å². The summed E-state index contributed by atoms with van der Waals surface area (Å²) < 4.78 is 14.5. The Kier molecular flexibility index (Phi) is 6.64. The van der Waals surface area contributed by atoms with Crippen LogP contribution in [0.15, 0.2) is 66.0 Å². The van der Waals surface area contributed by atoms with Crippen molar-refractivity contribution in [3.8, 4) is 0 Å². The van der Waals surface area contributed by atoms with Crippen LogP contribution in [0.5, 0.6) is 0 Å². The van der Waals surface area contributed by atoms with E-state index in [1.165, 1.54) is 6.08 Å². The Hall–Kier alpha value is -2.63. The van der Waals surface area contributed by atoms with E-state index in [4.69, 9.17) is 28.9 Å². The predicted octanol–water partition coefficient (Wildman–Crippen LogP) is 5.75. The van der Waals surface area contributed by atoms with Crippen LogP contribution in [0.2, 0.25) is 10.0 Å². The molecule has 1 saturated heterocycles. The van der Waals surface area contributed by atoms with Gasteiger partial charge >= 0.3 is 0 Å². The maximum Gasteiger partial charge on any atom is 0.220 e. The van der Waals surface area contributed by atoms with E-state index in [9.17, 15) is 14.0 Å². The second kappa shape index (κ2) is 9.32. The highest BCUT2D eigenvalue weighted by molar-refractivity contribution is 6.31. The number of nitrogens with two attached hydrogens (primary N) is 1. The molecule has 4 rings (SSSR count). The molecule has 0 aromatic heterocycles. The Morgan fingerprint density at radius 3 is 2.58 bits per heavy atom. The van der Waals surface area contributed by atoms with Gasteiger partial charge in [0, 0.05) is 47.0 Å². The van der Waals surface area contributed by atoms with E-state index < -0.39 is 17.3 Å². The number of hydrogen-bond acceptors (Lipinski definition) is 3. The monoisotopic (exact) mass is 486 g/mol. The number of hydrogen-bond donors (Lipinski definition) is 2. The van der Waals surface area contributed by atoms with Crippen LogP contribution < -0.4 is 11.1 Å². The fraction of sp³-hybridized carbons (Fsp3) is 0.308.